The van der Waals surface area contributed by atoms with Gasteiger partial charge in [-0.05, 0) is 30.2 Å². The zero-order valence-electron chi connectivity index (χ0n) is 10.9. The van der Waals surface area contributed by atoms with Crippen LogP contribution in [0.5, 0.6) is 0 Å². The van der Waals surface area contributed by atoms with Crippen LogP contribution in [0.4, 0.5) is 5.69 Å². The molecular formula is C14H14N2O4. The first kappa shape index (κ1) is 13.9. The predicted octanol–water partition coefficient (Wildman–Crippen LogP) is 3.11. The summed E-state index contributed by atoms with van der Waals surface area (Å²) in [4.78, 5) is 26.1. The summed E-state index contributed by atoms with van der Waals surface area (Å²) in [5.74, 6) is -1.63. The molecule has 1 N–H and O–H groups in total. The molecule has 0 fully saturated rings. The number of aliphatic carboxylic acids is 1. The second kappa shape index (κ2) is 5.64. The molecule has 1 aromatic carbocycles. The average molecular weight is 274 g/mol. The Labute approximate surface area is 115 Å². The van der Waals surface area contributed by atoms with Gasteiger partial charge in [-0.25, -0.2) is 0 Å². The van der Waals surface area contributed by atoms with E-state index < -0.39 is 16.8 Å². The quantitative estimate of drug-likeness (QED) is 0.667. The van der Waals surface area contributed by atoms with Crippen molar-refractivity contribution in [2.24, 2.45) is 0 Å². The molecule has 0 aliphatic carbocycles. The van der Waals surface area contributed by atoms with Gasteiger partial charge in [0.2, 0.25) is 0 Å². The van der Waals surface area contributed by atoms with Gasteiger partial charge >= 0.3 is 5.97 Å². The number of carboxylic acids is 1. The van der Waals surface area contributed by atoms with Gasteiger partial charge in [-0.3, -0.25) is 19.9 Å². The number of hydrogen-bond acceptors (Lipinski definition) is 4. The number of nitrogens with zero attached hydrogens (tertiary/aromatic N) is 2. The Kier molecular flexibility index (Phi) is 3.93. The molecule has 0 saturated heterocycles. The Morgan fingerprint density at radius 3 is 2.80 bits per heavy atom. The first-order valence-electron chi connectivity index (χ1n) is 6.31. The standard InChI is InChI=1S/C14H14N2O4/c1-2-4-10(14(17)18)9-6-7-12(16(19)20)11-5-3-8-15-13(9)11/h3,5-8,10H,2,4H2,1H3,(H,17,18). The largest absolute Gasteiger partial charge is 0.481 e. The van der Waals surface area contributed by atoms with Crippen molar-refractivity contribution in [2.75, 3.05) is 0 Å². The lowest BCUT2D eigenvalue weighted by Crippen LogP contribution is -2.12. The normalized spacial score (nSPS) is 12.2. The summed E-state index contributed by atoms with van der Waals surface area (Å²) in [6.07, 6.45) is 2.70. The highest BCUT2D eigenvalue weighted by Gasteiger charge is 2.24. The maximum absolute atomic E-state index is 11.4. The van der Waals surface area contributed by atoms with Crippen LogP contribution in [0.25, 0.3) is 10.9 Å². The third kappa shape index (κ3) is 2.45. The minimum atomic E-state index is -0.937. The molecule has 104 valence electrons. The number of carbonyl (C=O) groups is 1. The lowest BCUT2D eigenvalue weighted by atomic mass is 9.92. The fourth-order valence-electron chi connectivity index (χ4n) is 2.32. The average Bonchev–Trinajstić information content (AvgIpc) is 2.43. The first-order valence-corrected chi connectivity index (χ1v) is 6.31. The lowest BCUT2D eigenvalue weighted by Gasteiger charge is -2.13. The molecule has 0 saturated carbocycles. The smallest absolute Gasteiger partial charge is 0.311 e. The molecule has 0 spiro atoms. The summed E-state index contributed by atoms with van der Waals surface area (Å²) >= 11 is 0. The Morgan fingerprint density at radius 2 is 2.20 bits per heavy atom. The zero-order chi connectivity index (χ0) is 14.7. The highest BCUT2D eigenvalue weighted by molar-refractivity contribution is 5.93. The van der Waals surface area contributed by atoms with Gasteiger partial charge in [0.1, 0.15) is 0 Å². The van der Waals surface area contributed by atoms with Gasteiger partial charge < -0.3 is 5.11 Å². The van der Waals surface area contributed by atoms with Gasteiger partial charge in [-0.1, -0.05) is 13.3 Å². The molecule has 0 radical (unpaired) electrons. The van der Waals surface area contributed by atoms with E-state index in [1.165, 1.54) is 18.3 Å². The summed E-state index contributed by atoms with van der Waals surface area (Å²) in [5, 5.41) is 20.7. The molecule has 1 aromatic heterocycles. The Morgan fingerprint density at radius 1 is 1.45 bits per heavy atom. The van der Waals surface area contributed by atoms with Crippen LogP contribution in [-0.2, 0) is 4.79 Å². The van der Waals surface area contributed by atoms with Crippen molar-refractivity contribution >= 4 is 22.6 Å². The van der Waals surface area contributed by atoms with E-state index in [1.54, 1.807) is 12.1 Å². The van der Waals surface area contributed by atoms with Gasteiger partial charge in [0.25, 0.3) is 5.69 Å². The van der Waals surface area contributed by atoms with Gasteiger partial charge in [0, 0.05) is 12.3 Å². The fourth-order valence-corrected chi connectivity index (χ4v) is 2.32. The number of aromatic nitrogens is 1. The second-order valence-electron chi connectivity index (χ2n) is 4.51. The van der Waals surface area contributed by atoms with Crippen molar-refractivity contribution in [3.05, 3.63) is 46.1 Å². The third-order valence-corrected chi connectivity index (χ3v) is 3.23. The van der Waals surface area contributed by atoms with Crippen LogP contribution in [0.2, 0.25) is 0 Å². The van der Waals surface area contributed by atoms with E-state index in [0.717, 1.165) is 0 Å². The highest BCUT2D eigenvalue weighted by Crippen LogP contribution is 2.32. The first-order chi connectivity index (χ1) is 9.56. The van der Waals surface area contributed by atoms with Crippen molar-refractivity contribution in [3.8, 4) is 0 Å². The number of fused-ring (bicyclic) bond motifs is 1. The molecule has 20 heavy (non-hydrogen) atoms. The van der Waals surface area contributed by atoms with E-state index in [2.05, 4.69) is 4.98 Å². The minimum Gasteiger partial charge on any atom is -0.481 e. The van der Waals surface area contributed by atoms with E-state index in [1.807, 2.05) is 6.92 Å². The van der Waals surface area contributed by atoms with Crippen LogP contribution in [0.3, 0.4) is 0 Å². The molecule has 0 amide bonds. The summed E-state index contributed by atoms with van der Waals surface area (Å²) in [6, 6.07) is 6.05. The molecule has 1 unspecified atom stereocenters. The van der Waals surface area contributed by atoms with Crippen LogP contribution in [0.1, 0.15) is 31.2 Å². The minimum absolute atomic E-state index is 0.0579. The number of rotatable bonds is 5. The summed E-state index contributed by atoms with van der Waals surface area (Å²) < 4.78 is 0. The van der Waals surface area contributed by atoms with E-state index in [0.29, 0.717) is 29.3 Å². The molecule has 1 heterocycles. The fraction of sp³-hybridized carbons (Fsp3) is 0.286. The summed E-state index contributed by atoms with van der Waals surface area (Å²) in [7, 11) is 0. The topological polar surface area (TPSA) is 93.3 Å². The van der Waals surface area contributed by atoms with Crippen LogP contribution < -0.4 is 0 Å². The number of non-ortho nitro benzene ring substituents is 1. The molecule has 2 rings (SSSR count). The molecule has 6 nitrogen and oxygen atoms in total. The molecule has 1 atom stereocenters. The maximum Gasteiger partial charge on any atom is 0.311 e. The zero-order valence-corrected chi connectivity index (χ0v) is 10.9. The second-order valence-corrected chi connectivity index (χ2v) is 4.51. The van der Waals surface area contributed by atoms with E-state index >= 15 is 0 Å². The van der Waals surface area contributed by atoms with Crippen molar-refractivity contribution in [2.45, 2.75) is 25.7 Å². The number of nitro benzene ring substituents is 1. The van der Waals surface area contributed by atoms with E-state index in [9.17, 15) is 20.0 Å². The summed E-state index contributed by atoms with van der Waals surface area (Å²) in [5.41, 5.74) is 0.862. The van der Waals surface area contributed by atoms with Crippen LogP contribution in [-0.4, -0.2) is 21.0 Å². The number of pyridine rings is 1. The monoisotopic (exact) mass is 274 g/mol. The molecular weight excluding hydrogens is 260 g/mol. The van der Waals surface area contributed by atoms with Gasteiger partial charge in [0.05, 0.1) is 21.7 Å². The third-order valence-electron chi connectivity index (χ3n) is 3.23. The van der Waals surface area contributed by atoms with Crippen molar-refractivity contribution < 1.29 is 14.8 Å². The van der Waals surface area contributed by atoms with Gasteiger partial charge in [-0.15, -0.1) is 0 Å². The number of nitro groups is 1. The van der Waals surface area contributed by atoms with E-state index in [-0.39, 0.29) is 5.69 Å². The van der Waals surface area contributed by atoms with E-state index in [4.69, 9.17) is 0 Å². The molecule has 0 aliphatic heterocycles. The Hall–Kier alpha value is -2.50. The predicted molar refractivity (Wildman–Crippen MR) is 73.7 cm³/mol. The number of benzene rings is 1. The highest BCUT2D eigenvalue weighted by atomic mass is 16.6. The van der Waals surface area contributed by atoms with Crippen molar-refractivity contribution in [1.29, 1.82) is 0 Å². The molecule has 0 bridgehead atoms. The van der Waals surface area contributed by atoms with Gasteiger partial charge in [0.15, 0.2) is 0 Å². The molecule has 6 heteroatoms. The lowest BCUT2D eigenvalue weighted by molar-refractivity contribution is -0.383. The number of carboxylic acid groups (broad SMARTS) is 1. The van der Waals surface area contributed by atoms with Crippen LogP contribution >= 0.6 is 0 Å². The Bertz CT molecular complexity index is 669. The Balaban J connectivity index is 2.69. The van der Waals surface area contributed by atoms with Crippen LogP contribution in [0, 0.1) is 10.1 Å². The van der Waals surface area contributed by atoms with Gasteiger partial charge in [-0.2, -0.15) is 0 Å². The van der Waals surface area contributed by atoms with Crippen molar-refractivity contribution in [1.82, 2.24) is 4.98 Å². The molecule has 0 aliphatic rings. The SMILES string of the molecule is CCCC(C(=O)O)c1ccc([N+](=O)[O-])c2cccnc12. The van der Waals surface area contributed by atoms with Crippen LogP contribution in [0.15, 0.2) is 30.5 Å². The summed E-state index contributed by atoms with van der Waals surface area (Å²) in [6.45, 7) is 1.90. The van der Waals surface area contributed by atoms with Crippen molar-refractivity contribution in [3.63, 3.8) is 0 Å². The number of hydrogen-bond donors (Lipinski definition) is 1. The molecule has 2 aromatic rings. The maximum atomic E-state index is 11.4.